The maximum Gasteiger partial charge on any atom is 0.165 e. The molecule has 3 aromatic rings. The van der Waals surface area contributed by atoms with Crippen LogP contribution in [-0.4, -0.2) is 34.9 Å². The summed E-state index contributed by atoms with van der Waals surface area (Å²) in [6, 6.07) is 9.56. The minimum Gasteiger partial charge on any atom is -0.383 e. The van der Waals surface area contributed by atoms with E-state index in [2.05, 4.69) is 15.4 Å². The van der Waals surface area contributed by atoms with Gasteiger partial charge in [0.15, 0.2) is 5.65 Å². The van der Waals surface area contributed by atoms with Crippen LogP contribution in [0.4, 0.5) is 5.82 Å². The van der Waals surface area contributed by atoms with Crippen molar-refractivity contribution in [3.05, 3.63) is 47.7 Å². The Hall–Kier alpha value is -2.11. The molecule has 0 bridgehead atoms. The van der Waals surface area contributed by atoms with Gasteiger partial charge in [0.05, 0.1) is 12.8 Å². The number of rotatable bonds is 5. The van der Waals surface area contributed by atoms with Gasteiger partial charge in [0.2, 0.25) is 0 Å². The summed E-state index contributed by atoms with van der Waals surface area (Å²) < 4.78 is 6.82. The van der Waals surface area contributed by atoms with Crippen molar-refractivity contribution in [3.63, 3.8) is 0 Å². The Morgan fingerprint density at radius 2 is 2.24 bits per heavy atom. The number of anilines is 1. The fourth-order valence-corrected chi connectivity index (χ4v) is 2.36. The molecule has 2 heterocycles. The average molecular weight is 303 g/mol. The van der Waals surface area contributed by atoms with E-state index < -0.39 is 0 Å². The Morgan fingerprint density at radius 3 is 3.05 bits per heavy atom. The van der Waals surface area contributed by atoms with E-state index in [0.717, 1.165) is 22.6 Å². The van der Waals surface area contributed by atoms with Crippen LogP contribution in [0, 0.1) is 0 Å². The molecule has 0 atom stereocenters. The number of ether oxygens (including phenoxy) is 1. The van der Waals surface area contributed by atoms with Crippen LogP contribution in [-0.2, 0) is 4.74 Å². The highest BCUT2D eigenvalue weighted by Gasteiger charge is 2.10. The van der Waals surface area contributed by atoms with Crippen molar-refractivity contribution < 1.29 is 4.74 Å². The summed E-state index contributed by atoms with van der Waals surface area (Å²) >= 11 is 6.05. The van der Waals surface area contributed by atoms with E-state index in [0.29, 0.717) is 18.2 Å². The smallest absolute Gasteiger partial charge is 0.165 e. The number of nitrogens with zero attached hydrogens (tertiary/aromatic N) is 3. The van der Waals surface area contributed by atoms with Crippen LogP contribution in [0.1, 0.15) is 0 Å². The molecule has 2 aromatic heterocycles. The van der Waals surface area contributed by atoms with Crippen LogP contribution in [0.2, 0.25) is 5.02 Å². The van der Waals surface area contributed by atoms with Gasteiger partial charge in [-0.1, -0.05) is 23.7 Å². The first-order valence-corrected chi connectivity index (χ1v) is 6.99. The highest BCUT2D eigenvalue weighted by Crippen LogP contribution is 2.26. The third kappa shape index (κ3) is 2.84. The summed E-state index contributed by atoms with van der Waals surface area (Å²) in [5.41, 5.74) is 2.74. The second-order valence-electron chi connectivity index (χ2n) is 4.55. The third-order valence-corrected chi connectivity index (χ3v) is 3.38. The first-order valence-electron chi connectivity index (χ1n) is 6.61. The van der Waals surface area contributed by atoms with E-state index in [1.165, 1.54) is 0 Å². The first-order chi connectivity index (χ1) is 10.3. The quantitative estimate of drug-likeness (QED) is 0.736. The monoisotopic (exact) mass is 302 g/mol. The van der Waals surface area contributed by atoms with Crippen molar-refractivity contribution in [3.8, 4) is 11.1 Å². The molecule has 0 spiro atoms. The molecule has 0 saturated carbocycles. The first kappa shape index (κ1) is 13.9. The minimum absolute atomic E-state index is 0.631. The molecule has 0 aliphatic heterocycles. The zero-order valence-corrected chi connectivity index (χ0v) is 12.3. The van der Waals surface area contributed by atoms with E-state index in [-0.39, 0.29) is 0 Å². The number of aromatic nitrogens is 3. The highest BCUT2D eigenvalue weighted by atomic mass is 35.5. The molecule has 6 heteroatoms. The van der Waals surface area contributed by atoms with E-state index in [9.17, 15) is 0 Å². The molecular weight excluding hydrogens is 288 g/mol. The molecular formula is C15H15ClN4O. The van der Waals surface area contributed by atoms with Gasteiger partial charge in [-0.2, -0.15) is 9.61 Å². The molecule has 1 N–H and O–H groups in total. The van der Waals surface area contributed by atoms with E-state index in [1.807, 2.05) is 30.3 Å². The normalized spacial score (nSPS) is 11.0. The number of methoxy groups -OCH3 is 1. The van der Waals surface area contributed by atoms with Crippen LogP contribution in [0.5, 0.6) is 0 Å². The number of benzene rings is 1. The van der Waals surface area contributed by atoms with Gasteiger partial charge in [0.1, 0.15) is 5.82 Å². The second kappa shape index (κ2) is 6.11. The Labute approximate surface area is 127 Å². The predicted octanol–water partition coefficient (Wildman–Crippen LogP) is 3.11. The highest BCUT2D eigenvalue weighted by molar-refractivity contribution is 6.30. The van der Waals surface area contributed by atoms with E-state index in [4.69, 9.17) is 16.3 Å². The van der Waals surface area contributed by atoms with Crippen LogP contribution >= 0.6 is 11.6 Å². The van der Waals surface area contributed by atoms with Gasteiger partial charge in [-0.05, 0) is 23.8 Å². The molecule has 3 rings (SSSR count). The average Bonchev–Trinajstić information content (AvgIpc) is 2.92. The lowest BCUT2D eigenvalue weighted by molar-refractivity contribution is 0.210. The molecule has 0 fully saturated rings. The van der Waals surface area contributed by atoms with Crippen LogP contribution in [0.25, 0.3) is 16.8 Å². The molecule has 0 aliphatic rings. The minimum atomic E-state index is 0.631. The largest absolute Gasteiger partial charge is 0.383 e. The second-order valence-corrected chi connectivity index (χ2v) is 4.99. The van der Waals surface area contributed by atoms with Crippen LogP contribution in [0.3, 0.4) is 0 Å². The van der Waals surface area contributed by atoms with Crippen molar-refractivity contribution in [2.24, 2.45) is 0 Å². The van der Waals surface area contributed by atoms with Crippen LogP contribution in [0.15, 0.2) is 42.7 Å². The Bertz CT molecular complexity index is 756. The van der Waals surface area contributed by atoms with Crippen molar-refractivity contribution >= 4 is 23.1 Å². The van der Waals surface area contributed by atoms with Gasteiger partial charge in [0, 0.05) is 30.4 Å². The van der Waals surface area contributed by atoms with Crippen molar-refractivity contribution in [1.29, 1.82) is 0 Å². The number of halogens is 1. The van der Waals surface area contributed by atoms with Gasteiger partial charge in [-0.25, -0.2) is 4.98 Å². The van der Waals surface area contributed by atoms with Gasteiger partial charge >= 0.3 is 0 Å². The van der Waals surface area contributed by atoms with Gasteiger partial charge in [0.25, 0.3) is 0 Å². The Morgan fingerprint density at radius 1 is 1.33 bits per heavy atom. The standard InChI is InChI=1S/C15H15ClN4O/c1-21-8-7-17-14-5-6-18-15-13(10-19-20(14)15)11-3-2-4-12(16)9-11/h2-6,9-10,17H,7-8H2,1H3. The molecule has 5 nitrogen and oxygen atoms in total. The number of nitrogens with one attached hydrogen (secondary N) is 1. The molecule has 0 amide bonds. The summed E-state index contributed by atoms with van der Waals surface area (Å²) in [7, 11) is 1.68. The SMILES string of the molecule is COCCNc1ccnc2c(-c3cccc(Cl)c3)cnn12. The molecule has 0 unspecified atom stereocenters. The Kier molecular flexibility index (Phi) is 4.03. The van der Waals surface area contributed by atoms with Crippen molar-refractivity contribution in [2.45, 2.75) is 0 Å². The zero-order valence-electron chi connectivity index (χ0n) is 11.6. The summed E-state index contributed by atoms with van der Waals surface area (Å²) in [5, 5.41) is 8.38. The zero-order chi connectivity index (χ0) is 14.7. The topological polar surface area (TPSA) is 51.5 Å². The Balaban J connectivity index is 2.01. The van der Waals surface area contributed by atoms with Gasteiger partial charge < -0.3 is 10.1 Å². The predicted molar refractivity (Wildman–Crippen MR) is 83.8 cm³/mol. The number of fused-ring (bicyclic) bond motifs is 1. The molecule has 108 valence electrons. The summed E-state index contributed by atoms with van der Waals surface area (Å²) in [6.45, 7) is 1.34. The lowest BCUT2D eigenvalue weighted by Gasteiger charge is -2.07. The van der Waals surface area contributed by atoms with Gasteiger partial charge in [-0.15, -0.1) is 0 Å². The fraction of sp³-hybridized carbons (Fsp3) is 0.200. The molecule has 0 aliphatic carbocycles. The summed E-state index contributed by atoms with van der Waals surface area (Å²) in [6.07, 6.45) is 3.57. The maximum atomic E-state index is 6.05. The maximum absolute atomic E-state index is 6.05. The number of hydrogen-bond acceptors (Lipinski definition) is 4. The van der Waals surface area contributed by atoms with E-state index in [1.54, 1.807) is 24.0 Å². The third-order valence-electron chi connectivity index (χ3n) is 3.15. The lowest BCUT2D eigenvalue weighted by atomic mass is 10.1. The fourth-order valence-electron chi connectivity index (χ4n) is 2.17. The number of hydrogen-bond donors (Lipinski definition) is 1. The summed E-state index contributed by atoms with van der Waals surface area (Å²) in [5.74, 6) is 0.880. The lowest BCUT2D eigenvalue weighted by Crippen LogP contribution is -2.11. The van der Waals surface area contributed by atoms with Crippen LogP contribution < -0.4 is 5.32 Å². The van der Waals surface area contributed by atoms with Crippen molar-refractivity contribution in [1.82, 2.24) is 14.6 Å². The molecule has 0 radical (unpaired) electrons. The van der Waals surface area contributed by atoms with Gasteiger partial charge in [-0.3, -0.25) is 0 Å². The molecule has 1 aromatic carbocycles. The van der Waals surface area contributed by atoms with E-state index >= 15 is 0 Å². The molecule has 0 saturated heterocycles. The summed E-state index contributed by atoms with van der Waals surface area (Å²) in [4.78, 5) is 4.42. The molecule has 21 heavy (non-hydrogen) atoms. The van der Waals surface area contributed by atoms with Crippen molar-refractivity contribution in [2.75, 3.05) is 25.6 Å².